The van der Waals surface area contributed by atoms with Gasteiger partial charge in [-0.05, 0) is 24.1 Å². The van der Waals surface area contributed by atoms with E-state index < -0.39 is 0 Å². The lowest BCUT2D eigenvalue weighted by atomic mass is 10.2. The fourth-order valence-corrected chi connectivity index (χ4v) is 1.88. The molecular formula is C15H23N5O. The Hall–Kier alpha value is -2.24. The molecule has 2 heterocycles. The zero-order chi connectivity index (χ0) is 15.2. The number of aryl methyl sites for hydroxylation is 1. The van der Waals surface area contributed by atoms with Crippen LogP contribution in [0.1, 0.15) is 19.5 Å². The summed E-state index contributed by atoms with van der Waals surface area (Å²) >= 11 is 0. The van der Waals surface area contributed by atoms with Gasteiger partial charge in [-0.1, -0.05) is 13.8 Å². The molecule has 0 aliphatic carbocycles. The average Bonchev–Trinajstić information content (AvgIpc) is 2.84. The van der Waals surface area contributed by atoms with Gasteiger partial charge in [0.1, 0.15) is 5.82 Å². The normalized spacial score (nSPS) is 10.9. The molecule has 2 rings (SSSR count). The van der Waals surface area contributed by atoms with E-state index in [1.54, 1.807) is 6.20 Å². The first-order valence-electron chi connectivity index (χ1n) is 7.16. The number of nitrogens with zero attached hydrogens (tertiary/aromatic N) is 3. The maximum atomic E-state index is 5.87. The van der Waals surface area contributed by atoms with Crippen LogP contribution in [-0.4, -0.2) is 27.9 Å². The summed E-state index contributed by atoms with van der Waals surface area (Å²) in [6.45, 7) is 5.56. The largest absolute Gasteiger partial charge is 0.476 e. The van der Waals surface area contributed by atoms with Crippen LogP contribution in [0.4, 0.5) is 11.5 Å². The van der Waals surface area contributed by atoms with Crippen LogP contribution >= 0.6 is 0 Å². The predicted molar refractivity (Wildman–Crippen MR) is 84.4 cm³/mol. The Kier molecular flexibility index (Phi) is 5.03. The molecule has 0 bridgehead atoms. The number of rotatable bonds is 7. The topological polar surface area (TPSA) is 78.0 Å². The van der Waals surface area contributed by atoms with Gasteiger partial charge in [0.15, 0.2) is 0 Å². The minimum Gasteiger partial charge on any atom is -0.476 e. The Labute approximate surface area is 125 Å². The van der Waals surface area contributed by atoms with Gasteiger partial charge in [0.2, 0.25) is 5.88 Å². The second-order valence-corrected chi connectivity index (χ2v) is 5.42. The van der Waals surface area contributed by atoms with Gasteiger partial charge in [0, 0.05) is 31.9 Å². The maximum Gasteiger partial charge on any atom is 0.239 e. The van der Waals surface area contributed by atoms with Crippen LogP contribution in [0.2, 0.25) is 0 Å². The van der Waals surface area contributed by atoms with E-state index in [0.717, 1.165) is 18.8 Å². The Morgan fingerprint density at radius 3 is 2.81 bits per heavy atom. The summed E-state index contributed by atoms with van der Waals surface area (Å²) in [5, 5.41) is 7.42. The third-order valence-corrected chi connectivity index (χ3v) is 3.05. The van der Waals surface area contributed by atoms with Crippen molar-refractivity contribution in [2.45, 2.75) is 20.3 Å². The highest BCUT2D eigenvalue weighted by molar-refractivity contribution is 5.53. The van der Waals surface area contributed by atoms with E-state index in [2.05, 4.69) is 29.2 Å². The molecule has 0 aromatic carbocycles. The summed E-state index contributed by atoms with van der Waals surface area (Å²) in [5.74, 6) is 1.70. The van der Waals surface area contributed by atoms with Crippen molar-refractivity contribution < 1.29 is 4.74 Å². The molecule has 6 heteroatoms. The van der Waals surface area contributed by atoms with Gasteiger partial charge >= 0.3 is 0 Å². The molecule has 0 radical (unpaired) electrons. The second kappa shape index (κ2) is 6.97. The highest BCUT2D eigenvalue weighted by Gasteiger charge is 2.06. The number of anilines is 2. The molecule has 0 fully saturated rings. The molecule has 6 nitrogen and oxygen atoms in total. The number of nitrogens with one attached hydrogen (secondary N) is 1. The second-order valence-electron chi connectivity index (χ2n) is 5.42. The molecule has 0 spiro atoms. The van der Waals surface area contributed by atoms with Crippen molar-refractivity contribution in [3.8, 4) is 5.88 Å². The van der Waals surface area contributed by atoms with Gasteiger partial charge in [0.25, 0.3) is 0 Å². The van der Waals surface area contributed by atoms with Gasteiger partial charge < -0.3 is 15.8 Å². The highest BCUT2D eigenvalue weighted by atomic mass is 16.5. The number of pyridine rings is 1. The summed E-state index contributed by atoms with van der Waals surface area (Å²) in [5.41, 5.74) is 7.61. The third-order valence-electron chi connectivity index (χ3n) is 3.05. The van der Waals surface area contributed by atoms with E-state index in [9.17, 15) is 0 Å². The molecular weight excluding hydrogens is 266 g/mol. The van der Waals surface area contributed by atoms with Crippen molar-refractivity contribution >= 4 is 11.5 Å². The molecule has 0 aliphatic rings. The number of aromatic nitrogens is 3. The van der Waals surface area contributed by atoms with E-state index in [1.165, 1.54) is 5.69 Å². The molecule has 3 N–H and O–H groups in total. The first-order valence-corrected chi connectivity index (χ1v) is 7.16. The monoisotopic (exact) mass is 289 g/mol. The maximum absolute atomic E-state index is 5.87. The lowest BCUT2D eigenvalue weighted by Gasteiger charge is -2.12. The number of ether oxygens (including phenoxy) is 1. The summed E-state index contributed by atoms with van der Waals surface area (Å²) in [6.07, 6.45) is 2.68. The molecule has 0 saturated heterocycles. The van der Waals surface area contributed by atoms with Gasteiger partial charge in [-0.3, -0.25) is 4.68 Å². The summed E-state index contributed by atoms with van der Waals surface area (Å²) < 4.78 is 7.49. The molecule has 0 saturated carbocycles. The Morgan fingerprint density at radius 2 is 2.14 bits per heavy atom. The average molecular weight is 289 g/mol. The smallest absolute Gasteiger partial charge is 0.239 e. The zero-order valence-electron chi connectivity index (χ0n) is 12.8. The van der Waals surface area contributed by atoms with Crippen LogP contribution < -0.4 is 15.8 Å². The molecule has 114 valence electrons. The molecule has 0 aliphatic heterocycles. The third kappa shape index (κ3) is 4.37. The van der Waals surface area contributed by atoms with Crippen molar-refractivity contribution in [2.24, 2.45) is 13.0 Å². The van der Waals surface area contributed by atoms with Crippen LogP contribution in [0, 0.1) is 5.92 Å². The summed E-state index contributed by atoms with van der Waals surface area (Å²) in [4.78, 5) is 4.40. The van der Waals surface area contributed by atoms with Crippen LogP contribution in [0.25, 0.3) is 0 Å². The van der Waals surface area contributed by atoms with E-state index >= 15 is 0 Å². The fourth-order valence-electron chi connectivity index (χ4n) is 1.88. The lowest BCUT2D eigenvalue weighted by Crippen LogP contribution is -2.11. The van der Waals surface area contributed by atoms with Crippen molar-refractivity contribution in [2.75, 3.05) is 24.2 Å². The molecule has 0 atom stereocenters. The Bertz CT molecular complexity index is 579. The molecule has 21 heavy (non-hydrogen) atoms. The van der Waals surface area contributed by atoms with E-state index in [1.807, 2.05) is 29.9 Å². The number of nitrogens with two attached hydrogens (primary N) is 1. The fraction of sp³-hybridized carbons (Fsp3) is 0.467. The summed E-state index contributed by atoms with van der Waals surface area (Å²) in [7, 11) is 1.94. The quantitative estimate of drug-likeness (QED) is 0.816. The minimum absolute atomic E-state index is 0.438. The minimum atomic E-state index is 0.438. The highest BCUT2D eigenvalue weighted by Crippen LogP contribution is 2.21. The number of hydrogen-bond donors (Lipinski definition) is 2. The standard InChI is InChI=1S/C15H23N5O/c1-11(2)10-21-15-13(16)4-5-14(19-15)17-8-6-12-7-9-18-20(12)3/h4-5,7,9,11H,6,8,10,16H2,1-3H3,(H,17,19). The van der Waals surface area contributed by atoms with Crippen LogP contribution in [-0.2, 0) is 13.5 Å². The number of nitrogen functional groups attached to an aromatic ring is 1. The van der Waals surface area contributed by atoms with E-state index in [-0.39, 0.29) is 0 Å². The Balaban J connectivity index is 1.91. The van der Waals surface area contributed by atoms with Crippen molar-refractivity contribution in [3.05, 3.63) is 30.1 Å². The molecule has 2 aromatic heterocycles. The lowest BCUT2D eigenvalue weighted by molar-refractivity contribution is 0.263. The van der Waals surface area contributed by atoms with Crippen molar-refractivity contribution in [1.82, 2.24) is 14.8 Å². The molecule has 2 aromatic rings. The van der Waals surface area contributed by atoms with Gasteiger partial charge in [-0.15, -0.1) is 0 Å². The first-order chi connectivity index (χ1) is 10.1. The van der Waals surface area contributed by atoms with Crippen LogP contribution in [0.5, 0.6) is 5.88 Å². The van der Waals surface area contributed by atoms with Gasteiger partial charge in [-0.2, -0.15) is 10.1 Å². The van der Waals surface area contributed by atoms with Crippen LogP contribution in [0.15, 0.2) is 24.4 Å². The predicted octanol–water partition coefficient (Wildman–Crippen LogP) is 2.09. The van der Waals surface area contributed by atoms with Gasteiger partial charge in [-0.25, -0.2) is 0 Å². The Morgan fingerprint density at radius 1 is 1.33 bits per heavy atom. The van der Waals surface area contributed by atoms with Crippen LogP contribution in [0.3, 0.4) is 0 Å². The first kappa shape index (κ1) is 15.2. The van der Waals surface area contributed by atoms with E-state index in [0.29, 0.717) is 24.1 Å². The summed E-state index contributed by atoms with van der Waals surface area (Å²) in [6, 6.07) is 5.69. The number of hydrogen-bond acceptors (Lipinski definition) is 5. The SMILES string of the molecule is CC(C)COc1nc(NCCc2ccnn2C)ccc1N. The molecule has 0 amide bonds. The van der Waals surface area contributed by atoms with Gasteiger partial charge in [0.05, 0.1) is 12.3 Å². The van der Waals surface area contributed by atoms with E-state index in [4.69, 9.17) is 10.5 Å². The zero-order valence-corrected chi connectivity index (χ0v) is 12.8. The van der Waals surface area contributed by atoms with Crippen molar-refractivity contribution in [1.29, 1.82) is 0 Å². The molecule has 0 unspecified atom stereocenters. The van der Waals surface area contributed by atoms with Crippen molar-refractivity contribution in [3.63, 3.8) is 0 Å².